The molecule has 2 atom stereocenters. The van der Waals surface area contributed by atoms with E-state index in [0.29, 0.717) is 17.7 Å². The molecule has 5 rings (SSSR count). The number of aromatic amines is 2. The van der Waals surface area contributed by atoms with E-state index < -0.39 is 0 Å². The summed E-state index contributed by atoms with van der Waals surface area (Å²) in [5.41, 5.74) is 4.01. The average Bonchev–Trinajstić information content (AvgIpc) is 3.55. The number of hydrogen-bond acceptors (Lipinski definition) is 5. The van der Waals surface area contributed by atoms with E-state index >= 15 is 0 Å². The summed E-state index contributed by atoms with van der Waals surface area (Å²) in [5, 5.41) is 7.20. The van der Waals surface area contributed by atoms with Crippen molar-refractivity contribution in [3.8, 4) is 11.5 Å². The first-order valence-corrected chi connectivity index (χ1v) is 12.6. The predicted molar refractivity (Wildman–Crippen MR) is 134 cm³/mol. The second-order valence-electron chi connectivity index (χ2n) is 9.42. The molecular weight excluding hydrogens is 426 g/mol. The first-order valence-electron chi connectivity index (χ1n) is 12.6. The maximum Gasteiger partial charge on any atom is 0.251 e. The summed E-state index contributed by atoms with van der Waals surface area (Å²) in [6.45, 7) is 8.09. The lowest BCUT2D eigenvalue weighted by molar-refractivity contribution is -0.527. The van der Waals surface area contributed by atoms with Crippen LogP contribution in [-0.2, 0) is 12.8 Å². The van der Waals surface area contributed by atoms with E-state index in [-0.39, 0.29) is 5.56 Å². The molecule has 8 heteroatoms. The molecule has 2 aliphatic rings. The normalized spacial score (nSPS) is 20.6. The second-order valence-corrected chi connectivity index (χ2v) is 9.42. The summed E-state index contributed by atoms with van der Waals surface area (Å²) >= 11 is 0. The first-order chi connectivity index (χ1) is 16.6. The lowest BCUT2D eigenvalue weighted by atomic mass is 10.0. The fraction of sp³-hybridized carbons (Fsp3) is 0.500. The minimum Gasteiger partial charge on any atom is -0.358 e. The van der Waals surface area contributed by atoms with E-state index in [9.17, 15) is 4.79 Å². The standard InChI is InChI=1S/C26H33N7O/c1-3-19-7-9-22(28-26(19)34)20-6-5-18(15-20)17-32-11-13-33(14-12-32)21-8-10-23(27-16-21)25-29-24(4-2)30-31-25/h7-10,16-18,20H,3-6,11-15H2,1-2H3,(H-,27,28,29,30,31,34)/p+1/t18?,20-/m1/s1. The van der Waals surface area contributed by atoms with Gasteiger partial charge in [-0.05, 0) is 49.8 Å². The molecule has 1 saturated carbocycles. The highest BCUT2D eigenvalue weighted by Crippen LogP contribution is 2.36. The zero-order valence-corrected chi connectivity index (χ0v) is 20.1. The van der Waals surface area contributed by atoms with Crippen molar-refractivity contribution in [1.29, 1.82) is 0 Å². The Morgan fingerprint density at radius 2 is 1.97 bits per heavy atom. The van der Waals surface area contributed by atoms with E-state index in [2.05, 4.69) is 59.9 Å². The summed E-state index contributed by atoms with van der Waals surface area (Å²) < 4.78 is 2.48. The number of anilines is 1. The van der Waals surface area contributed by atoms with Crippen molar-refractivity contribution in [2.24, 2.45) is 5.92 Å². The van der Waals surface area contributed by atoms with Crippen molar-refractivity contribution < 1.29 is 4.58 Å². The molecule has 34 heavy (non-hydrogen) atoms. The summed E-state index contributed by atoms with van der Waals surface area (Å²) in [7, 11) is 0. The number of nitrogens with one attached hydrogen (secondary N) is 2. The summed E-state index contributed by atoms with van der Waals surface area (Å²) in [4.78, 5) is 26.8. The van der Waals surface area contributed by atoms with Gasteiger partial charge in [0.05, 0.1) is 25.0 Å². The number of H-pyrrole nitrogens is 2. The van der Waals surface area contributed by atoms with Crippen LogP contribution in [0.15, 0.2) is 35.3 Å². The Hall–Kier alpha value is -3.29. The van der Waals surface area contributed by atoms with Crippen LogP contribution in [0.25, 0.3) is 11.5 Å². The largest absolute Gasteiger partial charge is 0.358 e. The first kappa shape index (κ1) is 22.5. The molecule has 0 bridgehead atoms. The van der Waals surface area contributed by atoms with Gasteiger partial charge in [-0.3, -0.25) is 14.9 Å². The molecule has 1 unspecified atom stereocenters. The summed E-state index contributed by atoms with van der Waals surface area (Å²) in [6.07, 6.45) is 9.45. The quantitative estimate of drug-likeness (QED) is 0.551. The van der Waals surface area contributed by atoms with E-state index in [1.165, 1.54) is 6.42 Å². The van der Waals surface area contributed by atoms with Crippen molar-refractivity contribution in [3.63, 3.8) is 0 Å². The second kappa shape index (κ2) is 9.91. The van der Waals surface area contributed by atoms with Crippen molar-refractivity contribution in [2.75, 3.05) is 31.1 Å². The third kappa shape index (κ3) is 4.81. The van der Waals surface area contributed by atoms with Crippen LogP contribution in [0.2, 0.25) is 0 Å². The monoisotopic (exact) mass is 460 g/mol. The Bertz CT molecular complexity index is 1200. The number of aryl methyl sites for hydroxylation is 2. The van der Waals surface area contributed by atoms with Gasteiger partial charge in [0.15, 0.2) is 18.9 Å². The Morgan fingerprint density at radius 1 is 1.12 bits per heavy atom. The predicted octanol–water partition coefficient (Wildman–Crippen LogP) is 3.17. The number of aromatic nitrogens is 5. The molecule has 178 valence electrons. The van der Waals surface area contributed by atoms with E-state index in [0.717, 1.165) is 80.3 Å². The van der Waals surface area contributed by atoms with Crippen LogP contribution >= 0.6 is 0 Å². The van der Waals surface area contributed by atoms with Gasteiger partial charge >= 0.3 is 0 Å². The molecule has 4 heterocycles. The fourth-order valence-electron chi connectivity index (χ4n) is 5.17. The van der Waals surface area contributed by atoms with Gasteiger partial charge in [-0.15, -0.1) is 0 Å². The smallest absolute Gasteiger partial charge is 0.251 e. The Balaban J connectivity index is 1.16. The topological polar surface area (TPSA) is 93.6 Å². The van der Waals surface area contributed by atoms with Gasteiger partial charge in [-0.2, -0.15) is 5.10 Å². The molecule has 3 aromatic heterocycles. The number of pyridine rings is 2. The van der Waals surface area contributed by atoms with Crippen LogP contribution in [0.4, 0.5) is 5.69 Å². The molecule has 0 aromatic carbocycles. The van der Waals surface area contributed by atoms with Gasteiger partial charge in [-0.1, -0.05) is 19.9 Å². The van der Waals surface area contributed by atoms with Gasteiger partial charge < -0.3 is 9.88 Å². The third-order valence-electron chi connectivity index (χ3n) is 7.25. The Labute approximate surface area is 200 Å². The van der Waals surface area contributed by atoms with Crippen molar-refractivity contribution in [2.45, 2.75) is 51.9 Å². The van der Waals surface area contributed by atoms with Gasteiger partial charge in [-0.25, -0.2) is 9.56 Å². The van der Waals surface area contributed by atoms with Gasteiger partial charge in [0, 0.05) is 23.6 Å². The van der Waals surface area contributed by atoms with E-state index in [4.69, 9.17) is 0 Å². The molecular formula is C26H34N7O+. The number of piperazine rings is 1. The van der Waals surface area contributed by atoms with Crippen LogP contribution < -0.4 is 10.5 Å². The molecule has 1 aliphatic carbocycles. The van der Waals surface area contributed by atoms with Crippen molar-refractivity contribution >= 4 is 11.9 Å². The molecule has 3 aromatic rings. The maximum absolute atomic E-state index is 12.2. The van der Waals surface area contributed by atoms with E-state index in [1.807, 2.05) is 25.3 Å². The Morgan fingerprint density at radius 3 is 2.65 bits per heavy atom. The van der Waals surface area contributed by atoms with Crippen LogP contribution in [0.1, 0.15) is 56.1 Å². The molecule has 2 N–H and O–H groups in total. The van der Waals surface area contributed by atoms with Crippen molar-refractivity contribution in [1.82, 2.24) is 25.1 Å². The molecule has 1 aliphatic heterocycles. The highest BCUT2D eigenvalue weighted by atomic mass is 16.1. The van der Waals surface area contributed by atoms with Crippen molar-refractivity contribution in [3.05, 3.63) is 57.9 Å². The lowest BCUT2D eigenvalue weighted by Crippen LogP contribution is -2.42. The zero-order chi connectivity index (χ0) is 23.5. The van der Waals surface area contributed by atoms with Crippen LogP contribution in [0.5, 0.6) is 0 Å². The molecule has 1 saturated heterocycles. The van der Waals surface area contributed by atoms with Crippen LogP contribution in [-0.4, -0.2) is 62.1 Å². The van der Waals surface area contributed by atoms with E-state index in [1.54, 1.807) is 0 Å². The highest BCUT2D eigenvalue weighted by Gasteiger charge is 2.29. The average molecular weight is 461 g/mol. The highest BCUT2D eigenvalue weighted by molar-refractivity contribution is 5.57. The lowest BCUT2D eigenvalue weighted by Gasteiger charge is -2.27. The molecule has 0 spiro atoms. The minimum absolute atomic E-state index is 0.0809. The zero-order valence-electron chi connectivity index (χ0n) is 20.1. The molecule has 0 radical (unpaired) electrons. The third-order valence-corrected chi connectivity index (χ3v) is 7.25. The molecule has 0 amide bonds. The van der Waals surface area contributed by atoms with Gasteiger partial charge in [0.2, 0.25) is 0 Å². The maximum atomic E-state index is 12.2. The summed E-state index contributed by atoms with van der Waals surface area (Å²) in [5.74, 6) is 2.58. The number of nitrogens with zero attached hydrogens (tertiary/aromatic N) is 5. The molecule has 2 fully saturated rings. The van der Waals surface area contributed by atoms with Crippen LogP contribution in [0, 0.1) is 5.92 Å². The SMILES string of the molecule is CCc1nc(-c2ccc(N3CC[N+](=CC4CC[C@@H](c5ccc(CC)c(=O)[nH]5)C4)CC3)cn2)n[nH]1. The summed E-state index contributed by atoms with van der Waals surface area (Å²) in [6, 6.07) is 8.25. The van der Waals surface area contributed by atoms with Gasteiger partial charge in [0.25, 0.3) is 5.56 Å². The number of hydrogen-bond donors (Lipinski definition) is 2. The minimum atomic E-state index is 0.0809. The van der Waals surface area contributed by atoms with Gasteiger partial charge in [0.1, 0.15) is 17.7 Å². The fourth-order valence-corrected chi connectivity index (χ4v) is 5.17. The Kier molecular flexibility index (Phi) is 6.56. The molecule has 8 nitrogen and oxygen atoms in total. The van der Waals surface area contributed by atoms with Crippen LogP contribution in [0.3, 0.4) is 0 Å². The number of rotatable bonds is 6.